The van der Waals surface area contributed by atoms with Crippen LogP contribution in [0.25, 0.3) is 0 Å². The summed E-state index contributed by atoms with van der Waals surface area (Å²) in [7, 11) is 0. The summed E-state index contributed by atoms with van der Waals surface area (Å²) >= 11 is 6.18. The van der Waals surface area contributed by atoms with Crippen LogP contribution in [0.15, 0.2) is 24.3 Å². The Kier molecular flexibility index (Phi) is 4.65. The molecule has 168 valence electrons. The van der Waals surface area contributed by atoms with E-state index >= 15 is 0 Å². The van der Waals surface area contributed by atoms with Crippen LogP contribution in [0.1, 0.15) is 39.5 Å². The fourth-order valence-electron chi connectivity index (χ4n) is 7.40. The van der Waals surface area contributed by atoms with Crippen molar-refractivity contribution in [3.63, 3.8) is 0 Å². The van der Waals surface area contributed by atoms with Gasteiger partial charge < -0.3 is 14.4 Å². The Hall–Kier alpha value is -1.30. The molecule has 6 heteroatoms. The van der Waals surface area contributed by atoms with Gasteiger partial charge in [-0.1, -0.05) is 24.6 Å². The predicted octanol–water partition coefficient (Wildman–Crippen LogP) is 3.99. The lowest BCUT2D eigenvalue weighted by Gasteiger charge is -2.50. The highest BCUT2D eigenvalue weighted by Crippen LogP contribution is 2.66. The Bertz CT molecular complexity index is 887. The number of esters is 1. The molecule has 0 radical (unpaired) electrons. The first-order chi connectivity index (χ1) is 14.9. The van der Waals surface area contributed by atoms with Crippen molar-refractivity contribution in [3.8, 4) is 0 Å². The number of hydrogen-bond donors (Lipinski definition) is 0. The number of halogens is 1. The van der Waals surface area contributed by atoms with Crippen molar-refractivity contribution >= 4 is 23.3 Å². The minimum Gasteiger partial charge on any atom is -0.455 e. The van der Waals surface area contributed by atoms with Gasteiger partial charge in [-0.3, -0.25) is 9.69 Å². The van der Waals surface area contributed by atoms with Gasteiger partial charge in [-0.05, 0) is 56.7 Å². The van der Waals surface area contributed by atoms with Crippen molar-refractivity contribution in [1.29, 1.82) is 0 Å². The van der Waals surface area contributed by atoms with E-state index in [1.165, 1.54) is 12.1 Å². The zero-order chi connectivity index (χ0) is 21.4. The van der Waals surface area contributed by atoms with Gasteiger partial charge in [-0.2, -0.15) is 0 Å². The molecule has 1 aromatic rings. The molecule has 0 N–H and O–H groups in total. The van der Waals surface area contributed by atoms with Crippen molar-refractivity contribution in [2.75, 3.05) is 37.6 Å². The van der Waals surface area contributed by atoms with Crippen LogP contribution in [0.3, 0.4) is 0 Å². The number of hydrogen-bond acceptors (Lipinski definition) is 5. The van der Waals surface area contributed by atoms with Crippen molar-refractivity contribution in [3.05, 3.63) is 29.3 Å². The first kappa shape index (κ1) is 20.3. The lowest BCUT2D eigenvalue weighted by molar-refractivity contribution is -0.168. The zero-order valence-corrected chi connectivity index (χ0v) is 19.3. The number of rotatable bonds is 3. The summed E-state index contributed by atoms with van der Waals surface area (Å²) in [6.07, 6.45) is 4.64. The summed E-state index contributed by atoms with van der Waals surface area (Å²) in [5.41, 5.74) is 0.751. The van der Waals surface area contributed by atoms with Gasteiger partial charge in [-0.25, -0.2) is 0 Å². The number of nitrogens with zero attached hydrogens (tertiary/aromatic N) is 2. The molecule has 6 rings (SSSR count). The highest BCUT2D eigenvalue weighted by Gasteiger charge is 2.77. The summed E-state index contributed by atoms with van der Waals surface area (Å²) in [5, 5.41) is 0.779. The molecule has 3 saturated heterocycles. The molecule has 5 nitrogen and oxygen atoms in total. The second kappa shape index (κ2) is 7.10. The van der Waals surface area contributed by atoms with E-state index in [0.717, 1.165) is 57.0 Å². The molecule has 3 heterocycles. The summed E-state index contributed by atoms with van der Waals surface area (Å²) in [5.74, 6) is 1.39. The maximum absolute atomic E-state index is 13.2. The summed E-state index contributed by atoms with van der Waals surface area (Å²) in [4.78, 5) is 18.1. The molecular weight excluding hydrogens is 412 g/mol. The monoisotopic (exact) mass is 444 g/mol. The van der Waals surface area contributed by atoms with Gasteiger partial charge in [0.05, 0.1) is 11.5 Å². The average molecular weight is 445 g/mol. The average Bonchev–Trinajstić information content (AvgIpc) is 3.38. The zero-order valence-electron chi connectivity index (χ0n) is 18.6. The molecule has 5 aliphatic rings. The number of carbonyl (C=O) groups is 1. The maximum atomic E-state index is 13.2. The molecule has 3 aliphatic heterocycles. The lowest BCUT2D eigenvalue weighted by Crippen LogP contribution is -2.58. The SMILES string of the molecule is C[C@H]1CC[C@@H]2[C@H](CN3CCN(c4cccc(Cl)c4)CC3)C(=O)O[C@@]23[C@@H]1CC[C@@]1(C)O[C@H]31. The molecule has 31 heavy (non-hydrogen) atoms. The van der Waals surface area contributed by atoms with Gasteiger partial charge in [0.2, 0.25) is 0 Å². The van der Waals surface area contributed by atoms with E-state index in [0.29, 0.717) is 17.8 Å². The number of anilines is 1. The molecule has 7 atom stereocenters. The smallest absolute Gasteiger partial charge is 0.311 e. The quantitative estimate of drug-likeness (QED) is 0.521. The van der Waals surface area contributed by atoms with Gasteiger partial charge in [0.1, 0.15) is 11.7 Å². The molecular formula is C25H33ClN2O3. The van der Waals surface area contributed by atoms with E-state index in [2.05, 4.69) is 29.7 Å². The summed E-state index contributed by atoms with van der Waals surface area (Å²) in [6.45, 7) is 9.24. The van der Waals surface area contributed by atoms with Gasteiger partial charge in [-0.15, -0.1) is 0 Å². The van der Waals surface area contributed by atoms with Crippen LogP contribution in [0, 0.1) is 23.7 Å². The van der Waals surface area contributed by atoms with E-state index in [4.69, 9.17) is 21.1 Å². The molecule has 2 aliphatic carbocycles. The highest BCUT2D eigenvalue weighted by atomic mass is 35.5. The summed E-state index contributed by atoms with van der Waals surface area (Å²) in [6, 6.07) is 8.09. The Morgan fingerprint density at radius 2 is 1.94 bits per heavy atom. The van der Waals surface area contributed by atoms with Crippen LogP contribution in [-0.2, 0) is 14.3 Å². The molecule has 0 bridgehead atoms. The molecule has 0 unspecified atom stereocenters. The van der Waals surface area contributed by atoms with Crippen LogP contribution in [0.2, 0.25) is 5.02 Å². The second-order valence-electron chi connectivity index (χ2n) is 10.8. The lowest BCUT2D eigenvalue weighted by atomic mass is 9.55. The fraction of sp³-hybridized carbons (Fsp3) is 0.720. The number of fused-ring (bicyclic) bond motifs is 1. The summed E-state index contributed by atoms with van der Waals surface area (Å²) < 4.78 is 12.6. The number of epoxide rings is 1. The molecule has 1 spiro atoms. The Morgan fingerprint density at radius 1 is 1.13 bits per heavy atom. The van der Waals surface area contributed by atoms with Crippen molar-refractivity contribution in [1.82, 2.24) is 4.90 Å². The van der Waals surface area contributed by atoms with Gasteiger partial charge in [0.15, 0.2) is 0 Å². The van der Waals surface area contributed by atoms with E-state index in [1.54, 1.807) is 0 Å². The van der Waals surface area contributed by atoms with Crippen molar-refractivity contribution < 1.29 is 14.3 Å². The predicted molar refractivity (Wildman–Crippen MR) is 120 cm³/mol. The van der Waals surface area contributed by atoms with Crippen LogP contribution < -0.4 is 4.90 Å². The normalized spacial score (nSPS) is 44.3. The number of piperazine rings is 1. The minimum atomic E-state index is -0.366. The van der Waals surface area contributed by atoms with Crippen LogP contribution in [0.5, 0.6) is 0 Å². The highest BCUT2D eigenvalue weighted by molar-refractivity contribution is 6.30. The molecule has 0 amide bonds. The van der Waals surface area contributed by atoms with Crippen LogP contribution in [-0.4, -0.2) is 60.9 Å². The van der Waals surface area contributed by atoms with Crippen LogP contribution in [0.4, 0.5) is 5.69 Å². The van der Waals surface area contributed by atoms with E-state index < -0.39 is 0 Å². The Balaban J connectivity index is 1.17. The third-order valence-electron chi connectivity index (χ3n) is 9.09. The molecule has 5 fully saturated rings. The molecule has 1 aromatic carbocycles. The number of benzene rings is 1. The topological polar surface area (TPSA) is 45.3 Å². The third-order valence-corrected chi connectivity index (χ3v) is 9.33. The van der Waals surface area contributed by atoms with E-state index in [-0.39, 0.29) is 29.2 Å². The van der Waals surface area contributed by atoms with E-state index in [1.807, 2.05) is 18.2 Å². The molecule has 0 aromatic heterocycles. The van der Waals surface area contributed by atoms with Crippen molar-refractivity contribution in [2.24, 2.45) is 23.7 Å². The molecule has 2 saturated carbocycles. The first-order valence-electron chi connectivity index (χ1n) is 12.0. The van der Waals surface area contributed by atoms with Crippen LogP contribution >= 0.6 is 11.6 Å². The second-order valence-corrected chi connectivity index (χ2v) is 11.2. The number of carbonyl (C=O) groups excluding carboxylic acids is 1. The Morgan fingerprint density at radius 3 is 2.71 bits per heavy atom. The van der Waals surface area contributed by atoms with Gasteiger partial charge in [0, 0.05) is 55.3 Å². The largest absolute Gasteiger partial charge is 0.455 e. The first-order valence-corrected chi connectivity index (χ1v) is 12.4. The van der Waals surface area contributed by atoms with Gasteiger partial charge >= 0.3 is 5.97 Å². The van der Waals surface area contributed by atoms with Gasteiger partial charge in [0.25, 0.3) is 0 Å². The van der Waals surface area contributed by atoms with Crippen molar-refractivity contribution in [2.45, 2.75) is 56.8 Å². The standard InChI is InChI=1S/C25H33ClN2O3/c1-16-6-7-21-19(22(29)30-25(21)20(16)8-9-24(2)23(25)31-24)15-27-10-12-28(13-11-27)18-5-3-4-17(26)14-18/h3-5,14,16,19-21,23H,6-13,15H2,1-2H3/t16-,19-,20+,21+,23-,24+,25-/m0/s1. The third kappa shape index (κ3) is 3.07. The van der Waals surface area contributed by atoms with E-state index in [9.17, 15) is 4.79 Å². The maximum Gasteiger partial charge on any atom is 0.311 e. The Labute approximate surface area is 190 Å². The fourth-order valence-corrected chi connectivity index (χ4v) is 7.59. The minimum absolute atomic E-state index is 0.0146. The number of ether oxygens (including phenoxy) is 2.